The largest absolute Gasteiger partial charge is 0.269 e. The van der Waals surface area contributed by atoms with Crippen LogP contribution in [0.25, 0.3) is 0 Å². The van der Waals surface area contributed by atoms with Crippen molar-refractivity contribution in [3.8, 4) is 0 Å². The van der Waals surface area contributed by atoms with Crippen molar-refractivity contribution in [3.05, 3.63) is 23.3 Å². The average molecular weight is 217 g/mol. The molecule has 0 spiro atoms. The molecule has 0 aromatic rings. The van der Waals surface area contributed by atoms with Gasteiger partial charge in [-0.3, -0.25) is 14.5 Å². The van der Waals surface area contributed by atoms with E-state index in [-0.39, 0.29) is 17.4 Å². The Morgan fingerprint density at radius 2 is 1.88 bits per heavy atom. The van der Waals surface area contributed by atoms with Crippen LogP contribution < -0.4 is 0 Å². The lowest BCUT2D eigenvalue weighted by Gasteiger charge is -2.37. The number of carbonyl (C=O) groups is 2. The van der Waals surface area contributed by atoms with Gasteiger partial charge in [0.05, 0.1) is 5.54 Å². The summed E-state index contributed by atoms with van der Waals surface area (Å²) in [7, 11) is 0. The van der Waals surface area contributed by atoms with Gasteiger partial charge in [-0.1, -0.05) is 5.57 Å². The number of rotatable bonds is 1. The van der Waals surface area contributed by atoms with Gasteiger partial charge in [-0.2, -0.15) is 0 Å². The van der Waals surface area contributed by atoms with Crippen molar-refractivity contribution in [1.82, 2.24) is 4.90 Å². The molecule has 1 heterocycles. The third kappa shape index (κ3) is 0.938. The molecule has 2 aliphatic carbocycles. The summed E-state index contributed by atoms with van der Waals surface area (Å²) in [6.07, 6.45) is 5.79. The second-order valence-electron chi connectivity index (χ2n) is 5.12. The molecule has 3 nitrogen and oxygen atoms in total. The molecule has 3 aliphatic rings. The monoisotopic (exact) mass is 217 g/mol. The fourth-order valence-corrected chi connectivity index (χ4v) is 3.60. The van der Waals surface area contributed by atoms with E-state index in [0.717, 1.165) is 19.3 Å². The number of allylic oxidation sites excluding steroid dienone is 1. The number of amides is 2. The molecule has 0 aromatic heterocycles. The van der Waals surface area contributed by atoms with E-state index in [0.29, 0.717) is 5.92 Å². The lowest BCUT2D eigenvalue weighted by atomic mass is 9.86. The van der Waals surface area contributed by atoms with Crippen LogP contribution in [0.1, 0.15) is 33.1 Å². The molecule has 2 atom stereocenters. The van der Waals surface area contributed by atoms with Gasteiger partial charge in [0.15, 0.2) is 0 Å². The van der Waals surface area contributed by atoms with Crippen molar-refractivity contribution in [2.24, 2.45) is 5.92 Å². The molecule has 1 fully saturated rings. The lowest BCUT2D eigenvalue weighted by Crippen LogP contribution is -2.50. The van der Waals surface area contributed by atoms with E-state index in [4.69, 9.17) is 0 Å². The number of fused-ring (bicyclic) bond motifs is 2. The van der Waals surface area contributed by atoms with Gasteiger partial charge in [-0.25, -0.2) is 0 Å². The van der Waals surface area contributed by atoms with E-state index in [1.54, 1.807) is 0 Å². The molecule has 16 heavy (non-hydrogen) atoms. The molecule has 0 radical (unpaired) electrons. The van der Waals surface area contributed by atoms with Gasteiger partial charge in [0.2, 0.25) is 0 Å². The van der Waals surface area contributed by atoms with E-state index in [2.05, 4.69) is 13.8 Å². The van der Waals surface area contributed by atoms with Crippen LogP contribution in [0.15, 0.2) is 23.3 Å². The van der Waals surface area contributed by atoms with E-state index in [9.17, 15) is 9.59 Å². The molecule has 0 aromatic carbocycles. The third-order valence-electron chi connectivity index (χ3n) is 4.63. The number of carbonyl (C=O) groups excluding carboxylic acids is 2. The third-order valence-corrected chi connectivity index (χ3v) is 4.63. The summed E-state index contributed by atoms with van der Waals surface area (Å²) in [5.74, 6) is 0.306. The highest BCUT2D eigenvalue weighted by Gasteiger charge is 2.55. The maximum absolute atomic E-state index is 11.8. The van der Waals surface area contributed by atoms with Crippen LogP contribution in [0.4, 0.5) is 0 Å². The molecule has 0 saturated heterocycles. The van der Waals surface area contributed by atoms with Crippen LogP contribution in [0, 0.1) is 5.92 Å². The minimum atomic E-state index is -0.285. The van der Waals surface area contributed by atoms with E-state index in [1.165, 1.54) is 28.2 Å². The van der Waals surface area contributed by atoms with Gasteiger partial charge in [0, 0.05) is 12.2 Å². The minimum absolute atomic E-state index is 0.139. The Morgan fingerprint density at radius 1 is 1.25 bits per heavy atom. The fourth-order valence-electron chi connectivity index (χ4n) is 3.60. The Labute approximate surface area is 94.8 Å². The first-order chi connectivity index (χ1) is 7.56. The Hall–Kier alpha value is -1.38. The van der Waals surface area contributed by atoms with E-state index >= 15 is 0 Å². The molecule has 2 bridgehead atoms. The average Bonchev–Trinajstić information content (AvgIpc) is 2.86. The van der Waals surface area contributed by atoms with Crippen LogP contribution in [0.5, 0.6) is 0 Å². The number of nitrogens with zero attached hydrogens (tertiary/aromatic N) is 1. The van der Waals surface area contributed by atoms with Crippen molar-refractivity contribution in [1.29, 1.82) is 0 Å². The van der Waals surface area contributed by atoms with Gasteiger partial charge in [0.25, 0.3) is 11.8 Å². The number of hydrogen-bond acceptors (Lipinski definition) is 2. The first-order valence-electron chi connectivity index (χ1n) is 5.80. The zero-order valence-corrected chi connectivity index (χ0v) is 9.62. The van der Waals surface area contributed by atoms with Crippen LogP contribution in [-0.2, 0) is 9.59 Å². The van der Waals surface area contributed by atoms with Gasteiger partial charge in [-0.15, -0.1) is 0 Å². The maximum atomic E-state index is 11.8. The summed E-state index contributed by atoms with van der Waals surface area (Å²) in [5, 5.41) is 0. The molecule has 1 aliphatic heterocycles. The number of imide groups is 1. The molecule has 1 saturated carbocycles. The van der Waals surface area contributed by atoms with Crippen LogP contribution >= 0.6 is 0 Å². The Morgan fingerprint density at radius 3 is 2.38 bits per heavy atom. The van der Waals surface area contributed by atoms with Crippen molar-refractivity contribution < 1.29 is 9.59 Å². The molecule has 3 rings (SSSR count). The molecule has 3 heteroatoms. The van der Waals surface area contributed by atoms with E-state index in [1.807, 2.05) is 0 Å². The predicted molar refractivity (Wildman–Crippen MR) is 59.4 cm³/mol. The predicted octanol–water partition coefficient (Wildman–Crippen LogP) is 1.80. The van der Waals surface area contributed by atoms with Gasteiger partial charge < -0.3 is 0 Å². The van der Waals surface area contributed by atoms with Gasteiger partial charge in [0.1, 0.15) is 0 Å². The molecule has 84 valence electrons. The first-order valence-corrected chi connectivity index (χ1v) is 5.80. The van der Waals surface area contributed by atoms with Crippen LogP contribution in [0.2, 0.25) is 0 Å². The highest BCUT2D eigenvalue weighted by Crippen LogP contribution is 2.54. The molecule has 2 amide bonds. The van der Waals surface area contributed by atoms with E-state index < -0.39 is 0 Å². The number of hydrogen-bond donors (Lipinski definition) is 0. The van der Waals surface area contributed by atoms with Crippen molar-refractivity contribution in [2.45, 2.75) is 38.6 Å². The zero-order chi connectivity index (χ0) is 11.5. The summed E-state index contributed by atoms with van der Waals surface area (Å²) in [4.78, 5) is 25.1. The normalized spacial score (nSPS) is 37.1. The fraction of sp³-hybridized carbons (Fsp3) is 0.538. The Kier molecular flexibility index (Phi) is 1.74. The summed E-state index contributed by atoms with van der Waals surface area (Å²) >= 11 is 0. The smallest absolute Gasteiger partial charge is 0.254 e. The topological polar surface area (TPSA) is 37.4 Å². The summed E-state index contributed by atoms with van der Waals surface area (Å²) in [5.41, 5.74) is 2.35. The molecule has 2 unspecified atom stereocenters. The summed E-state index contributed by atoms with van der Waals surface area (Å²) < 4.78 is 0. The van der Waals surface area contributed by atoms with Crippen molar-refractivity contribution in [2.75, 3.05) is 0 Å². The van der Waals surface area contributed by atoms with Crippen molar-refractivity contribution >= 4 is 11.8 Å². The summed E-state index contributed by atoms with van der Waals surface area (Å²) in [6.45, 7) is 4.22. The van der Waals surface area contributed by atoms with Gasteiger partial charge >= 0.3 is 0 Å². The summed E-state index contributed by atoms with van der Waals surface area (Å²) in [6, 6.07) is 0. The minimum Gasteiger partial charge on any atom is -0.269 e. The quantitative estimate of drug-likeness (QED) is 0.496. The van der Waals surface area contributed by atoms with Crippen LogP contribution in [-0.4, -0.2) is 22.3 Å². The van der Waals surface area contributed by atoms with Crippen molar-refractivity contribution in [3.63, 3.8) is 0 Å². The molecular weight excluding hydrogens is 202 g/mol. The second-order valence-corrected chi connectivity index (χ2v) is 5.12. The Balaban J connectivity index is 2.08. The maximum Gasteiger partial charge on any atom is 0.254 e. The standard InChI is InChI=1S/C13H15NO2/c1-8-9(2)13(6-5-10(8)7-13)14-11(15)3-4-12(14)16/h3-4,10H,5-7H2,1-2H3. The lowest BCUT2D eigenvalue weighted by molar-refractivity contribution is -0.142. The SMILES string of the molecule is CC1=C(C)C2(N3C(=O)C=CC3=O)CCC1C2. The molecular formula is C13H15NO2. The molecule has 0 N–H and O–H groups in total. The highest BCUT2D eigenvalue weighted by molar-refractivity contribution is 6.14. The highest BCUT2D eigenvalue weighted by atomic mass is 16.2. The second kappa shape index (κ2) is 2.84. The van der Waals surface area contributed by atoms with Gasteiger partial charge in [-0.05, 0) is 44.6 Å². The van der Waals surface area contributed by atoms with Crippen LogP contribution in [0.3, 0.4) is 0 Å². The Bertz CT molecular complexity index is 443. The zero-order valence-electron chi connectivity index (χ0n) is 9.62. The first kappa shape index (κ1) is 9.82.